The first-order chi connectivity index (χ1) is 16.9. The van der Waals surface area contributed by atoms with Crippen LogP contribution in [0.5, 0.6) is 5.75 Å². The largest absolute Gasteiger partial charge is 0.508 e. The van der Waals surface area contributed by atoms with E-state index >= 15 is 0 Å². The van der Waals surface area contributed by atoms with E-state index in [1.54, 1.807) is 18.5 Å². The van der Waals surface area contributed by atoms with Crippen LogP contribution in [0.2, 0.25) is 5.02 Å². The summed E-state index contributed by atoms with van der Waals surface area (Å²) in [5, 5.41) is 14.1. The van der Waals surface area contributed by atoms with Gasteiger partial charge in [-0.25, -0.2) is 4.99 Å². The fraction of sp³-hybridized carbons (Fsp3) is 0.286. The lowest BCUT2D eigenvalue weighted by Crippen LogP contribution is -2.46. The van der Waals surface area contributed by atoms with Crippen LogP contribution in [0.1, 0.15) is 30.0 Å². The molecule has 1 amide bonds. The summed E-state index contributed by atoms with van der Waals surface area (Å²) in [4.78, 5) is 22.4. The van der Waals surface area contributed by atoms with Gasteiger partial charge >= 0.3 is 0 Å². The molecule has 0 radical (unpaired) electrons. The van der Waals surface area contributed by atoms with Crippen molar-refractivity contribution < 1.29 is 9.90 Å². The predicted octanol–water partition coefficient (Wildman–Crippen LogP) is 5.45. The summed E-state index contributed by atoms with van der Waals surface area (Å²) in [6.07, 6.45) is 3.93. The van der Waals surface area contributed by atoms with E-state index in [2.05, 4.69) is 10.3 Å². The average Bonchev–Trinajstić information content (AvgIpc) is 3.35. The summed E-state index contributed by atoms with van der Waals surface area (Å²) < 4.78 is 0. The quantitative estimate of drug-likeness (QED) is 0.501. The smallest absolute Gasteiger partial charge is 0.250 e. The van der Waals surface area contributed by atoms with E-state index in [1.807, 2.05) is 72.3 Å². The Labute approximate surface area is 210 Å². The zero-order valence-corrected chi connectivity index (χ0v) is 20.7. The predicted molar refractivity (Wildman–Crippen MR) is 142 cm³/mol. The first-order valence-electron chi connectivity index (χ1n) is 11.9. The van der Waals surface area contributed by atoms with Gasteiger partial charge in [0.15, 0.2) is 0 Å². The molecule has 3 aromatic carbocycles. The lowest BCUT2D eigenvalue weighted by molar-refractivity contribution is -0.131. The number of nitrogens with one attached hydrogen (secondary N) is 1. The molecule has 7 heteroatoms. The van der Waals surface area contributed by atoms with Crippen LogP contribution in [0.25, 0.3) is 11.1 Å². The van der Waals surface area contributed by atoms with E-state index in [-0.39, 0.29) is 11.7 Å². The highest BCUT2D eigenvalue weighted by Gasteiger charge is 2.35. The Morgan fingerprint density at radius 2 is 2.00 bits per heavy atom. The monoisotopic (exact) mass is 488 g/mol. The molecule has 35 heavy (non-hydrogen) atoms. The molecular formula is C28H29ClN4O2. The van der Waals surface area contributed by atoms with Crippen LogP contribution in [0.3, 0.4) is 0 Å². The van der Waals surface area contributed by atoms with Crippen molar-refractivity contribution in [1.82, 2.24) is 10.2 Å². The molecule has 0 spiro atoms. The second kappa shape index (κ2) is 9.72. The number of fused-ring (bicyclic) bond motifs is 1. The number of aliphatic imine (C=N–C) groups is 1. The first-order valence-corrected chi connectivity index (χ1v) is 12.3. The van der Waals surface area contributed by atoms with Gasteiger partial charge in [0.05, 0.1) is 12.0 Å². The van der Waals surface area contributed by atoms with E-state index in [4.69, 9.17) is 11.6 Å². The number of benzene rings is 3. The number of aromatic hydroxyl groups is 1. The van der Waals surface area contributed by atoms with Gasteiger partial charge in [-0.2, -0.15) is 0 Å². The Hall–Kier alpha value is -3.35. The minimum atomic E-state index is -0.593. The molecule has 2 N–H and O–H groups in total. The van der Waals surface area contributed by atoms with Crippen LogP contribution in [0, 0.1) is 6.92 Å². The van der Waals surface area contributed by atoms with E-state index in [0.717, 1.165) is 53.0 Å². The minimum absolute atomic E-state index is 0.00297. The van der Waals surface area contributed by atoms with Crippen molar-refractivity contribution in [3.63, 3.8) is 0 Å². The van der Waals surface area contributed by atoms with Crippen LogP contribution in [-0.2, 0) is 4.79 Å². The van der Waals surface area contributed by atoms with Gasteiger partial charge in [0, 0.05) is 35.9 Å². The Kier molecular flexibility index (Phi) is 6.50. The number of carbonyl (C=O) groups is 1. The Bertz CT molecular complexity index is 1270. The number of hydrogen-bond acceptors (Lipinski definition) is 5. The fourth-order valence-corrected chi connectivity index (χ4v) is 5.26. The summed E-state index contributed by atoms with van der Waals surface area (Å²) in [5.74, 6) is 0.197. The highest BCUT2D eigenvalue weighted by atomic mass is 35.5. The molecule has 3 aromatic rings. The zero-order chi connectivity index (χ0) is 24.5. The Morgan fingerprint density at radius 1 is 1.17 bits per heavy atom. The molecule has 0 bridgehead atoms. The molecule has 0 saturated carbocycles. The number of anilines is 1. The number of hydrogen-bond donors (Lipinski definition) is 2. The van der Waals surface area contributed by atoms with Crippen molar-refractivity contribution in [2.45, 2.75) is 31.8 Å². The lowest BCUT2D eigenvalue weighted by atomic mass is 9.94. The fourth-order valence-electron chi connectivity index (χ4n) is 4.97. The summed E-state index contributed by atoms with van der Waals surface area (Å²) in [6, 6.07) is 18.5. The number of nitrogens with zero attached hydrogens (tertiary/aromatic N) is 3. The summed E-state index contributed by atoms with van der Waals surface area (Å²) >= 11 is 6.39. The molecule has 6 nitrogen and oxygen atoms in total. The number of phenolic OH excluding ortho intramolecular Hbond substituents is 1. The lowest BCUT2D eigenvalue weighted by Gasteiger charge is -2.36. The number of amides is 1. The third-order valence-electron chi connectivity index (χ3n) is 6.69. The van der Waals surface area contributed by atoms with Gasteiger partial charge in [-0.3, -0.25) is 4.79 Å². The third kappa shape index (κ3) is 4.90. The van der Waals surface area contributed by atoms with Crippen molar-refractivity contribution in [2.24, 2.45) is 4.99 Å². The van der Waals surface area contributed by atoms with Gasteiger partial charge in [-0.15, -0.1) is 0 Å². The maximum absolute atomic E-state index is 14.0. The molecule has 2 heterocycles. The molecule has 5 rings (SSSR count). The van der Waals surface area contributed by atoms with Crippen molar-refractivity contribution in [3.8, 4) is 16.9 Å². The van der Waals surface area contributed by atoms with Crippen molar-refractivity contribution >= 4 is 35.2 Å². The van der Waals surface area contributed by atoms with Gasteiger partial charge in [0.2, 0.25) is 5.91 Å². The van der Waals surface area contributed by atoms with Crippen LogP contribution < -0.4 is 10.2 Å². The summed E-state index contributed by atoms with van der Waals surface area (Å²) in [6.45, 7) is 3.63. The van der Waals surface area contributed by atoms with Crippen LogP contribution in [-0.4, -0.2) is 48.4 Å². The van der Waals surface area contributed by atoms with Gasteiger partial charge < -0.3 is 20.2 Å². The normalized spacial score (nSPS) is 19.0. The minimum Gasteiger partial charge on any atom is -0.508 e. The number of carbonyl (C=O) groups excluding carboxylic acids is 1. The van der Waals surface area contributed by atoms with Gasteiger partial charge in [0.1, 0.15) is 11.8 Å². The molecule has 2 aliphatic heterocycles. The maximum atomic E-state index is 14.0. The SMILES string of the molecule is Cc1cc(Cl)cc(N2C=Nc3ccc(-c4cccc(O)c4)cc3C2C(=O)N(C)C[C@@H]2CCCN2)c1. The highest BCUT2D eigenvalue weighted by molar-refractivity contribution is 6.31. The molecule has 0 aromatic heterocycles. The van der Waals surface area contributed by atoms with Crippen LogP contribution in [0.15, 0.2) is 65.7 Å². The van der Waals surface area contributed by atoms with E-state index < -0.39 is 6.04 Å². The number of phenols is 1. The molecule has 1 fully saturated rings. The Balaban J connectivity index is 1.58. The molecule has 0 aliphatic carbocycles. The topological polar surface area (TPSA) is 68.2 Å². The highest BCUT2D eigenvalue weighted by Crippen LogP contribution is 2.40. The second-order valence-electron chi connectivity index (χ2n) is 9.38. The molecule has 180 valence electrons. The van der Waals surface area contributed by atoms with Crippen LogP contribution >= 0.6 is 11.6 Å². The van der Waals surface area contributed by atoms with E-state index in [1.165, 1.54) is 0 Å². The standard InChI is InChI=1S/C28H29ClN4O2/c1-18-11-21(29)15-23(12-18)33-17-31-26-9-8-20(19-5-3-7-24(34)13-19)14-25(26)27(33)28(35)32(2)16-22-6-4-10-30-22/h3,5,7-9,11-15,17,22,27,30,34H,4,6,10,16H2,1-2H3/t22-,27?/m0/s1. The van der Waals surface area contributed by atoms with E-state index in [9.17, 15) is 9.90 Å². The summed E-state index contributed by atoms with van der Waals surface area (Å²) in [5.41, 5.74) is 5.20. The van der Waals surface area contributed by atoms with Crippen molar-refractivity contribution in [3.05, 3.63) is 76.8 Å². The van der Waals surface area contributed by atoms with Crippen molar-refractivity contribution in [2.75, 3.05) is 25.0 Å². The maximum Gasteiger partial charge on any atom is 0.250 e. The molecular weight excluding hydrogens is 460 g/mol. The number of rotatable bonds is 5. The zero-order valence-electron chi connectivity index (χ0n) is 19.9. The van der Waals surface area contributed by atoms with Crippen LogP contribution in [0.4, 0.5) is 11.4 Å². The first kappa shape index (κ1) is 23.4. The number of aryl methyl sites for hydroxylation is 1. The van der Waals surface area contributed by atoms with Crippen molar-refractivity contribution in [1.29, 1.82) is 0 Å². The molecule has 2 atom stereocenters. The molecule has 1 unspecified atom stereocenters. The second-order valence-corrected chi connectivity index (χ2v) is 9.81. The molecule has 2 aliphatic rings. The average molecular weight is 489 g/mol. The number of halogens is 1. The van der Waals surface area contributed by atoms with Gasteiger partial charge in [-0.05, 0) is 85.5 Å². The molecule has 1 saturated heterocycles. The van der Waals surface area contributed by atoms with Gasteiger partial charge in [0.25, 0.3) is 0 Å². The summed E-state index contributed by atoms with van der Waals surface area (Å²) in [7, 11) is 1.87. The van der Waals surface area contributed by atoms with Gasteiger partial charge in [-0.1, -0.05) is 29.8 Å². The van der Waals surface area contributed by atoms with E-state index in [0.29, 0.717) is 17.6 Å². The third-order valence-corrected chi connectivity index (χ3v) is 6.91. The Morgan fingerprint density at radius 3 is 2.74 bits per heavy atom. The number of likely N-dealkylation sites (N-methyl/N-ethyl adjacent to an activating group) is 1.